The van der Waals surface area contributed by atoms with Crippen molar-refractivity contribution in [3.8, 4) is 0 Å². The Balaban J connectivity index is 2.79. The van der Waals surface area contributed by atoms with E-state index in [1.807, 2.05) is 6.07 Å². The summed E-state index contributed by atoms with van der Waals surface area (Å²) in [5.41, 5.74) is 11.4. The molecular formula is C16H20N2O3. The zero-order valence-corrected chi connectivity index (χ0v) is 12.5. The van der Waals surface area contributed by atoms with Gasteiger partial charge in [-0.3, -0.25) is 9.59 Å². The summed E-state index contributed by atoms with van der Waals surface area (Å²) in [5.74, 6) is -1.11. The second-order valence-corrected chi connectivity index (χ2v) is 5.51. The lowest BCUT2D eigenvalue weighted by molar-refractivity contribution is 0.0999. The Labute approximate surface area is 122 Å². The number of nitrogens with two attached hydrogens (primary N) is 2. The van der Waals surface area contributed by atoms with Crippen LogP contribution in [-0.2, 0) is 5.41 Å². The Morgan fingerprint density at radius 3 is 2.43 bits per heavy atom. The Morgan fingerprint density at radius 1 is 1.29 bits per heavy atom. The zero-order chi connectivity index (χ0) is 15.8. The smallest absolute Gasteiger partial charge is 0.258 e. The molecule has 0 aliphatic carbocycles. The third kappa shape index (κ3) is 2.39. The molecular weight excluding hydrogens is 268 g/mol. The molecule has 0 radical (unpaired) electrons. The first kappa shape index (κ1) is 15.1. The molecule has 0 aliphatic heterocycles. The fourth-order valence-corrected chi connectivity index (χ4v) is 2.48. The molecule has 0 atom stereocenters. The van der Waals surface area contributed by atoms with Gasteiger partial charge in [0.25, 0.3) is 5.91 Å². The van der Waals surface area contributed by atoms with Crippen LogP contribution in [0.15, 0.2) is 27.4 Å². The Bertz CT molecular complexity index is 758. The molecule has 0 saturated carbocycles. The SMILES string of the molecule is CCC(C)(CC)c1ccc2oc(N)c(C(N)=O)c(=O)c2c1. The van der Waals surface area contributed by atoms with Gasteiger partial charge in [0.05, 0.1) is 5.39 Å². The van der Waals surface area contributed by atoms with Crippen LogP contribution in [-0.4, -0.2) is 5.91 Å². The summed E-state index contributed by atoms with van der Waals surface area (Å²) >= 11 is 0. The van der Waals surface area contributed by atoms with Gasteiger partial charge in [-0.25, -0.2) is 0 Å². The van der Waals surface area contributed by atoms with Crippen LogP contribution in [0.3, 0.4) is 0 Å². The second kappa shape index (κ2) is 5.24. The first-order valence-corrected chi connectivity index (χ1v) is 7.00. The van der Waals surface area contributed by atoms with Crippen molar-refractivity contribution in [2.24, 2.45) is 5.73 Å². The van der Waals surface area contributed by atoms with Gasteiger partial charge >= 0.3 is 0 Å². The van der Waals surface area contributed by atoms with Gasteiger partial charge in [-0.15, -0.1) is 0 Å². The largest absolute Gasteiger partial charge is 0.440 e. The maximum atomic E-state index is 12.4. The molecule has 2 rings (SSSR count). The van der Waals surface area contributed by atoms with E-state index in [1.54, 1.807) is 12.1 Å². The summed E-state index contributed by atoms with van der Waals surface area (Å²) in [6.45, 7) is 6.35. The number of hydrogen-bond donors (Lipinski definition) is 2. The monoisotopic (exact) mass is 288 g/mol. The van der Waals surface area contributed by atoms with E-state index in [2.05, 4.69) is 20.8 Å². The molecule has 0 spiro atoms. The lowest BCUT2D eigenvalue weighted by Crippen LogP contribution is -2.24. The zero-order valence-electron chi connectivity index (χ0n) is 12.5. The number of carbonyl (C=O) groups is 1. The van der Waals surface area contributed by atoms with Crippen molar-refractivity contribution in [2.75, 3.05) is 5.73 Å². The lowest BCUT2D eigenvalue weighted by Gasteiger charge is -2.27. The fourth-order valence-electron chi connectivity index (χ4n) is 2.48. The average molecular weight is 288 g/mol. The van der Waals surface area contributed by atoms with Crippen LogP contribution in [0.25, 0.3) is 11.0 Å². The van der Waals surface area contributed by atoms with E-state index in [-0.39, 0.29) is 16.9 Å². The molecule has 2 aromatic rings. The number of anilines is 1. The fraction of sp³-hybridized carbons (Fsp3) is 0.375. The standard InChI is InChI=1S/C16H20N2O3/c1-4-16(3,5-2)9-6-7-11-10(8-9)13(19)12(14(17)20)15(18)21-11/h6-8H,4-5,18H2,1-3H3,(H2,17,20). The van der Waals surface area contributed by atoms with Crippen LogP contribution in [0.5, 0.6) is 0 Å². The van der Waals surface area contributed by atoms with Crippen molar-refractivity contribution in [3.63, 3.8) is 0 Å². The second-order valence-electron chi connectivity index (χ2n) is 5.51. The van der Waals surface area contributed by atoms with Crippen molar-refractivity contribution in [1.82, 2.24) is 0 Å². The van der Waals surface area contributed by atoms with Crippen molar-refractivity contribution in [3.05, 3.63) is 39.5 Å². The van der Waals surface area contributed by atoms with Crippen LogP contribution in [0.4, 0.5) is 5.88 Å². The van der Waals surface area contributed by atoms with Gasteiger partial charge in [0.1, 0.15) is 11.1 Å². The summed E-state index contributed by atoms with van der Waals surface area (Å²) in [6.07, 6.45) is 1.88. The molecule has 21 heavy (non-hydrogen) atoms. The van der Waals surface area contributed by atoms with Crippen molar-refractivity contribution in [1.29, 1.82) is 0 Å². The van der Waals surface area contributed by atoms with Crippen LogP contribution in [0.1, 0.15) is 49.5 Å². The predicted octanol–water partition coefficient (Wildman–Crippen LogP) is 2.55. The van der Waals surface area contributed by atoms with Gasteiger partial charge < -0.3 is 15.9 Å². The van der Waals surface area contributed by atoms with Gasteiger partial charge in [0.2, 0.25) is 11.3 Å². The third-order valence-corrected chi connectivity index (χ3v) is 4.42. The van der Waals surface area contributed by atoms with Crippen LogP contribution in [0.2, 0.25) is 0 Å². The molecule has 0 unspecified atom stereocenters. The summed E-state index contributed by atoms with van der Waals surface area (Å²) < 4.78 is 5.35. The summed E-state index contributed by atoms with van der Waals surface area (Å²) in [4.78, 5) is 23.8. The maximum absolute atomic E-state index is 12.4. The number of rotatable bonds is 4. The lowest BCUT2D eigenvalue weighted by atomic mass is 9.77. The summed E-state index contributed by atoms with van der Waals surface area (Å²) in [6, 6.07) is 5.43. The van der Waals surface area contributed by atoms with E-state index in [0.29, 0.717) is 11.0 Å². The van der Waals surface area contributed by atoms with Gasteiger partial charge in [0.15, 0.2) is 0 Å². The van der Waals surface area contributed by atoms with Gasteiger partial charge in [-0.05, 0) is 36.0 Å². The molecule has 1 heterocycles. The molecule has 1 amide bonds. The predicted molar refractivity (Wildman–Crippen MR) is 83.3 cm³/mol. The molecule has 5 nitrogen and oxygen atoms in total. The van der Waals surface area contributed by atoms with Crippen LogP contribution >= 0.6 is 0 Å². The first-order chi connectivity index (χ1) is 9.84. The molecule has 0 aliphatic rings. The molecule has 4 N–H and O–H groups in total. The Kier molecular flexibility index (Phi) is 3.77. The van der Waals surface area contributed by atoms with Crippen LogP contribution in [0, 0.1) is 0 Å². The molecule has 112 valence electrons. The van der Waals surface area contributed by atoms with Gasteiger partial charge in [-0.1, -0.05) is 26.8 Å². The molecule has 0 saturated heterocycles. The average Bonchev–Trinajstić information content (AvgIpc) is 2.45. The Morgan fingerprint density at radius 2 is 1.90 bits per heavy atom. The van der Waals surface area contributed by atoms with Crippen molar-refractivity contribution >= 4 is 22.8 Å². The number of benzene rings is 1. The molecule has 1 aromatic heterocycles. The molecule has 0 fully saturated rings. The minimum atomic E-state index is -0.873. The van der Waals surface area contributed by atoms with E-state index in [1.165, 1.54) is 0 Å². The normalized spacial score (nSPS) is 11.8. The number of nitrogen functional groups attached to an aromatic ring is 1. The number of carbonyl (C=O) groups excluding carboxylic acids is 1. The first-order valence-electron chi connectivity index (χ1n) is 7.00. The van der Waals surface area contributed by atoms with E-state index in [4.69, 9.17) is 15.9 Å². The van der Waals surface area contributed by atoms with E-state index < -0.39 is 11.3 Å². The van der Waals surface area contributed by atoms with Crippen molar-refractivity contribution in [2.45, 2.75) is 39.0 Å². The van der Waals surface area contributed by atoms with E-state index in [0.717, 1.165) is 18.4 Å². The van der Waals surface area contributed by atoms with E-state index >= 15 is 0 Å². The molecule has 1 aromatic carbocycles. The van der Waals surface area contributed by atoms with E-state index in [9.17, 15) is 9.59 Å². The summed E-state index contributed by atoms with van der Waals surface area (Å²) in [7, 11) is 0. The highest BCUT2D eigenvalue weighted by atomic mass is 16.3. The highest BCUT2D eigenvalue weighted by Crippen LogP contribution is 2.32. The topological polar surface area (TPSA) is 99.3 Å². The minimum absolute atomic E-state index is 0.0328. The number of hydrogen-bond acceptors (Lipinski definition) is 4. The quantitative estimate of drug-likeness (QED) is 0.903. The summed E-state index contributed by atoms with van der Waals surface area (Å²) in [5, 5.41) is 0.337. The number of amides is 1. The number of fused-ring (bicyclic) bond motifs is 1. The highest BCUT2D eigenvalue weighted by molar-refractivity contribution is 5.99. The molecule has 0 bridgehead atoms. The number of primary amides is 1. The molecule has 5 heteroatoms. The maximum Gasteiger partial charge on any atom is 0.258 e. The minimum Gasteiger partial charge on any atom is -0.440 e. The van der Waals surface area contributed by atoms with Crippen molar-refractivity contribution < 1.29 is 9.21 Å². The van der Waals surface area contributed by atoms with Crippen LogP contribution < -0.4 is 16.9 Å². The van der Waals surface area contributed by atoms with Gasteiger partial charge in [0, 0.05) is 0 Å². The van der Waals surface area contributed by atoms with Gasteiger partial charge in [-0.2, -0.15) is 0 Å². The Hall–Kier alpha value is -2.30. The highest BCUT2D eigenvalue weighted by Gasteiger charge is 2.24. The third-order valence-electron chi connectivity index (χ3n) is 4.42.